The standard InChI is InChI=1S/C26H34ClN7O3/c1-31-23-22(24(36)34(26(31)37)16-21(35)29-19-10-3-2-4-11-19)33(14-17-8-5-6-12-20(17)27)25(30-23)32-13-7-9-18(28)15-32/h5-6,8,12,18-19H,2-4,7,9-11,13-16,28H2,1H3,(H,29,35)/t18-/m1/s1. The molecule has 1 aliphatic carbocycles. The summed E-state index contributed by atoms with van der Waals surface area (Å²) in [5, 5.41) is 3.58. The summed E-state index contributed by atoms with van der Waals surface area (Å²) in [5.74, 6) is 0.242. The minimum Gasteiger partial charge on any atom is -0.352 e. The van der Waals surface area contributed by atoms with Crippen LogP contribution in [0.3, 0.4) is 0 Å². The van der Waals surface area contributed by atoms with Crippen molar-refractivity contribution in [1.82, 2.24) is 24.0 Å². The van der Waals surface area contributed by atoms with Crippen LogP contribution < -0.4 is 27.2 Å². The lowest BCUT2D eigenvalue weighted by molar-refractivity contribution is -0.122. The van der Waals surface area contributed by atoms with Crippen molar-refractivity contribution in [3.63, 3.8) is 0 Å². The van der Waals surface area contributed by atoms with Crippen LogP contribution in [0.1, 0.15) is 50.5 Å². The zero-order valence-corrected chi connectivity index (χ0v) is 21.9. The SMILES string of the molecule is Cn1c(=O)n(CC(=O)NC2CCCCC2)c(=O)c2c1nc(N1CCC[C@@H](N)C1)n2Cc1ccccc1Cl. The van der Waals surface area contributed by atoms with Crippen molar-refractivity contribution in [3.8, 4) is 0 Å². The number of carbonyl (C=O) groups excluding carboxylic acids is 1. The number of carbonyl (C=O) groups is 1. The van der Waals surface area contributed by atoms with Gasteiger partial charge in [-0.3, -0.25) is 18.7 Å². The number of fused-ring (bicyclic) bond motifs is 1. The molecule has 1 saturated carbocycles. The van der Waals surface area contributed by atoms with E-state index in [1.807, 2.05) is 22.8 Å². The van der Waals surface area contributed by atoms with Crippen LogP contribution in [0.25, 0.3) is 11.2 Å². The Morgan fingerprint density at radius 2 is 1.86 bits per heavy atom. The van der Waals surface area contributed by atoms with E-state index in [-0.39, 0.29) is 35.7 Å². The number of benzene rings is 1. The first-order valence-electron chi connectivity index (χ1n) is 13.1. The predicted molar refractivity (Wildman–Crippen MR) is 144 cm³/mol. The van der Waals surface area contributed by atoms with E-state index in [1.54, 1.807) is 13.1 Å². The molecule has 2 aromatic heterocycles. The zero-order valence-electron chi connectivity index (χ0n) is 21.2. The number of nitrogens with one attached hydrogen (secondary N) is 1. The molecule has 1 saturated heterocycles. The first-order valence-corrected chi connectivity index (χ1v) is 13.4. The topological polar surface area (TPSA) is 120 Å². The summed E-state index contributed by atoms with van der Waals surface area (Å²) in [5.41, 5.74) is 6.51. The summed E-state index contributed by atoms with van der Waals surface area (Å²) in [6.45, 7) is 1.29. The minimum atomic E-state index is -0.569. The maximum atomic E-state index is 13.8. The number of rotatable bonds is 6. The van der Waals surface area contributed by atoms with Crippen LogP contribution in [0, 0.1) is 0 Å². The number of nitrogens with zero attached hydrogens (tertiary/aromatic N) is 5. The van der Waals surface area contributed by atoms with E-state index in [9.17, 15) is 14.4 Å². The Bertz CT molecular complexity index is 1420. The Hall–Kier alpha value is -3.11. The quantitative estimate of drug-likeness (QED) is 0.505. The van der Waals surface area contributed by atoms with E-state index >= 15 is 0 Å². The summed E-state index contributed by atoms with van der Waals surface area (Å²) in [6, 6.07) is 7.52. The number of nitrogens with two attached hydrogens (primary N) is 1. The number of imidazole rings is 1. The van der Waals surface area contributed by atoms with Gasteiger partial charge in [0.15, 0.2) is 11.2 Å². The van der Waals surface area contributed by atoms with E-state index in [2.05, 4.69) is 10.2 Å². The summed E-state index contributed by atoms with van der Waals surface area (Å²) in [4.78, 5) is 46.7. The van der Waals surface area contributed by atoms with E-state index in [4.69, 9.17) is 22.3 Å². The van der Waals surface area contributed by atoms with Gasteiger partial charge >= 0.3 is 5.69 Å². The lowest BCUT2D eigenvalue weighted by Crippen LogP contribution is -2.46. The molecule has 1 aromatic carbocycles. The number of piperidine rings is 1. The average Bonchev–Trinajstić information content (AvgIpc) is 3.27. The van der Waals surface area contributed by atoms with E-state index in [1.165, 1.54) is 11.0 Å². The van der Waals surface area contributed by atoms with Gasteiger partial charge in [0.05, 0.1) is 6.54 Å². The molecule has 37 heavy (non-hydrogen) atoms. The molecule has 3 heterocycles. The largest absolute Gasteiger partial charge is 0.352 e. The normalized spacial score (nSPS) is 18.9. The van der Waals surface area contributed by atoms with Gasteiger partial charge in [0, 0.05) is 37.2 Å². The van der Waals surface area contributed by atoms with Gasteiger partial charge in [-0.05, 0) is 37.3 Å². The van der Waals surface area contributed by atoms with Crippen LogP contribution in [-0.4, -0.2) is 49.8 Å². The number of anilines is 1. The molecule has 2 aliphatic rings. The van der Waals surface area contributed by atoms with Crippen molar-refractivity contribution in [2.24, 2.45) is 12.8 Å². The number of halogens is 1. The molecule has 10 nitrogen and oxygen atoms in total. The molecular weight excluding hydrogens is 494 g/mol. The molecule has 0 bridgehead atoms. The molecule has 2 fully saturated rings. The fourth-order valence-electron chi connectivity index (χ4n) is 5.54. The monoisotopic (exact) mass is 527 g/mol. The number of amides is 1. The Labute approximate surface area is 220 Å². The first-order chi connectivity index (χ1) is 17.8. The van der Waals surface area contributed by atoms with Crippen molar-refractivity contribution < 1.29 is 4.79 Å². The number of aryl methyl sites for hydroxylation is 1. The average molecular weight is 528 g/mol. The zero-order chi connectivity index (χ0) is 26.1. The lowest BCUT2D eigenvalue weighted by atomic mass is 9.95. The molecule has 1 amide bonds. The highest BCUT2D eigenvalue weighted by molar-refractivity contribution is 6.31. The second-order valence-electron chi connectivity index (χ2n) is 10.2. The summed E-state index contributed by atoms with van der Waals surface area (Å²) in [6.07, 6.45) is 6.98. The molecular formula is C26H34ClN7O3. The Morgan fingerprint density at radius 3 is 2.59 bits per heavy atom. The third kappa shape index (κ3) is 5.17. The van der Waals surface area contributed by atoms with Gasteiger partial charge in [-0.2, -0.15) is 4.98 Å². The molecule has 11 heteroatoms. The summed E-state index contributed by atoms with van der Waals surface area (Å²) >= 11 is 6.48. The highest BCUT2D eigenvalue weighted by Crippen LogP contribution is 2.26. The smallest absolute Gasteiger partial charge is 0.332 e. The fraction of sp³-hybridized carbons (Fsp3) is 0.538. The van der Waals surface area contributed by atoms with E-state index in [0.717, 1.165) is 55.2 Å². The molecule has 1 aliphatic heterocycles. The van der Waals surface area contributed by atoms with Gasteiger partial charge in [0.1, 0.15) is 6.54 Å². The molecule has 0 unspecified atom stereocenters. The van der Waals surface area contributed by atoms with Gasteiger partial charge in [-0.1, -0.05) is 49.1 Å². The van der Waals surface area contributed by atoms with Crippen LogP contribution in [0.2, 0.25) is 5.02 Å². The molecule has 1 atom stereocenters. The molecule has 3 aromatic rings. The van der Waals surface area contributed by atoms with E-state index < -0.39 is 11.2 Å². The molecule has 198 valence electrons. The van der Waals surface area contributed by atoms with Crippen molar-refractivity contribution in [1.29, 1.82) is 0 Å². The van der Waals surface area contributed by atoms with Gasteiger partial charge in [-0.25, -0.2) is 9.36 Å². The summed E-state index contributed by atoms with van der Waals surface area (Å²) < 4.78 is 4.17. The second kappa shape index (κ2) is 10.7. The minimum absolute atomic E-state index is 0.00807. The van der Waals surface area contributed by atoms with Crippen molar-refractivity contribution >= 4 is 34.6 Å². The predicted octanol–water partition coefficient (Wildman–Crippen LogP) is 1.97. The highest BCUT2D eigenvalue weighted by Gasteiger charge is 2.27. The Kier molecular flexibility index (Phi) is 7.39. The Balaban J connectivity index is 1.60. The first kappa shape index (κ1) is 25.5. The third-order valence-electron chi connectivity index (χ3n) is 7.51. The number of hydrogen-bond donors (Lipinski definition) is 2. The number of hydrogen-bond acceptors (Lipinski definition) is 6. The maximum Gasteiger partial charge on any atom is 0.332 e. The van der Waals surface area contributed by atoms with Crippen molar-refractivity contribution in [2.45, 2.75) is 70.1 Å². The van der Waals surface area contributed by atoms with E-state index in [0.29, 0.717) is 24.1 Å². The van der Waals surface area contributed by atoms with Gasteiger partial charge < -0.3 is 16.0 Å². The maximum absolute atomic E-state index is 13.8. The molecule has 3 N–H and O–H groups in total. The van der Waals surface area contributed by atoms with Crippen LogP contribution in [0.4, 0.5) is 5.95 Å². The molecule has 0 radical (unpaired) electrons. The van der Waals surface area contributed by atoms with Crippen molar-refractivity contribution in [2.75, 3.05) is 18.0 Å². The molecule has 5 rings (SSSR count). The molecule has 0 spiro atoms. The van der Waals surface area contributed by atoms with Gasteiger partial charge in [-0.15, -0.1) is 0 Å². The third-order valence-corrected chi connectivity index (χ3v) is 7.88. The lowest BCUT2D eigenvalue weighted by Gasteiger charge is -2.32. The Morgan fingerprint density at radius 1 is 1.11 bits per heavy atom. The van der Waals surface area contributed by atoms with Crippen LogP contribution in [0.15, 0.2) is 33.9 Å². The second-order valence-corrected chi connectivity index (χ2v) is 10.7. The van der Waals surface area contributed by atoms with Gasteiger partial charge in [0.2, 0.25) is 11.9 Å². The van der Waals surface area contributed by atoms with Crippen LogP contribution >= 0.6 is 11.6 Å². The van der Waals surface area contributed by atoms with Crippen LogP contribution in [-0.2, 0) is 24.9 Å². The van der Waals surface area contributed by atoms with Crippen molar-refractivity contribution in [3.05, 3.63) is 55.7 Å². The highest BCUT2D eigenvalue weighted by atomic mass is 35.5. The number of aromatic nitrogens is 4. The summed E-state index contributed by atoms with van der Waals surface area (Å²) in [7, 11) is 1.58. The fourth-order valence-corrected chi connectivity index (χ4v) is 5.74. The van der Waals surface area contributed by atoms with Crippen LogP contribution in [0.5, 0.6) is 0 Å². The van der Waals surface area contributed by atoms with Gasteiger partial charge in [0.25, 0.3) is 5.56 Å².